The number of carbonyl (C=O) groups excluding carboxylic acids is 2. The van der Waals surface area contributed by atoms with Gasteiger partial charge in [-0.2, -0.15) is 0 Å². The fourth-order valence-corrected chi connectivity index (χ4v) is 5.29. The van der Waals surface area contributed by atoms with Crippen LogP contribution in [0, 0.1) is 0 Å². The van der Waals surface area contributed by atoms with Gasteiger partial charge < -0.3 is 11.1 Å². The number of anilines is 1. The zero-order valence-corrected chi connectivity index (χ0v) is 18.4. The molecule has 168 valence electrons. The number of nitrogens with zero attached hydrogens (tertiary/aromatic N) is 2. The number of amides is 2. The predicted octanol–water partition coefficient (Wildman–Crippen LogP) is 1.20. The number of hydrogen-bond donors (Lipinski definition) is 3. The van der Waals surface area contributed by atoms with Crippen LogP contribution >= 0.6 is 0 Å². The Hall–Kier alpha value is -3.24. The standard InChI is InChI=1S/C22H25N5O4S/c1-14(24-21-17-8-2-3-10-19(17)32(30,31)26-21)22(29)25-16-7-4-6-15(12-16)13-27-11-5-9-18(27)20(23)28/h2-4,6-8,10,12,14,18H,5,9,11,13H2,1H3,(H2,23,28)(H,24,26)(H,25,29)/t14-,18?/m0/s1. The normalized spacial score (nSPS) is 21.7. The van der Waals surface area contributed by atoms with E-state index in [1.807, 2.05) is 23.1 Å². The van der Waals surface area contributed by atoms with E-state index in [-0.39, 0.29) is 28.6 Å². The molecule has 2 heterocycles. The molecule has 2 atom stereocenters. The minimum Gasteiger partial charge on any atom is -0.368 e. The molecule has 4 rings (SSSR count). The first-order valence-corrected chi connectivity index (χ1v) is 11.9. The number of fused-ring (bicyclic) bond motifs is 1. The van der Waals surface area contributed by atoms with Crippen molar-refractivity contribution in [3.8, 4) is 0 Å². The molecule has 9 nitrogen and oxygen atoms in total. The molecule has 0 saturated carbocycles. The van der Waals surface area contributed by atoms with Crippen molar-refractivity contribution in [1.82, 2.24) is 9.62 Å². The van der Waals surface area contributed by atoms with Gasteiger partial charge >= 0.3 is 0 Å². The van der Waals surface area contributed by atoms with Crippen molar-refractivity contribution in [1.29, 1.82) is 0 Å². The fraction of sp³-hybridized carbons (Fsp3) is 0.318. The Labute approximate surface area is 186 Å². The van der Waals surface area contributed by atoms with Crippen LogP contribution in [0.2, 0.25) is 0 Å². The van der Waals surface area contributed by atoms with Crippen LogP contribution in [-0.2, 0) is 26.2 Å². The Morgan fingerprint density at radius 3 is 2.81 bits per heavy atom. The van der Waals surface area contributed by atoms with E-state index in [4.69, 9.17) is 5.73 Å². The number of benzene rings is 2. The molecule has 2 aliphatic rings. The van der Waals surface area contributed by atoms with Crippen LogP contribution < -0.4 is 15.8 Å². The molecule has 2 aromatic carbocycles. The van der Waals surface area contributed by atoms with Gasteiger partial charge in [0.1, 0.15) is 11.9 Å². The highest BCUT2D eigenvalue weighted by atomic mass is 32.2. The molecule has 0 aromatic heterocycles. The number of rotatable bonds is 6. The Balaban J connectivity index is 1.45. The van der Waals surface area contributed by atoms with Gasteiger partial charge in [-0.15, -0.1) is 0 Å². The van der Waals surface area contributed by atoms with Gasteiger partial charge in [-0.25, -0.2) is 8.42 Å². The monoisotopic (exact) mass is 455 g/mol. The van der Waals surface area contributed by atoms with Gasteiger partial charge in [0.2, 0.25) is 11.8 Å². The molecule has 0 spiro atoms. The van der Waals surface area contributed by atoms with Gasteiger partial charge in [0.15, 0.2) is 0 Å². The average molecular weight is 456 g/mol. The van der Waals surface area contributed by atoms with Gasteiger partial charge in [0, 0.05) is 17.8 Å². The summed E-state index contributed by atoms with van der Waals surface area (Å²) >= 11 is 0. The molecule has 1 saturated heterocycles. The molecule has 0 bridgehead atoms. The summed E-state index contributed by atoms with van der Waals surface area (Å²) < 4.78 is 26.9. The topological polar surface area (TPSA) is 134 Å². The van der Waals surface area contributed by atoms with Crippen molar-refractivity contribution < 1.29 is 18.0 Å². The summed E-state index contributed by atoms with van der Waals surface area (Å²) in [5.41, 5.74) is 7.49. The zero-order chi connectivity index (χ0) is 22.9. The zero-order valence-electron chi connectivity index (χ0n) is 17.6. The minimum atomic E-state index is -3.66. The van der Waals surface area contributed by atoms with Crippen molar-refractivity contribution in [2.24, 2.45) is 10.7 Å². The van der Waals surface area contributed by atoms with Crippen molar-refractivity contribution >= 4 is 33.4 Å². The number of amidine groups is 1. The second kappa shape index (κ2) is 8.71. The van der Waals surface area contributed by atoms with Crippen LogP contribution in [0.1, 0.15) is 30.9 Å². The summed E-state index contributed by atoms with van der Waals surface area (Å²) in [6, 6.07) is 12.8. The summed E-state index contributed by atoms with van der Waals surface area (Å²) in [6.07, 6.45) is 1.69. The Kier molecular flexibility index (Phi) is 5.98. The third-order valence-electron chi connectivity index (χ3n) is 5.64. The first kappa shape index (κ1) is 22.0. The fourth-order valence-electron chi connectivity index (χ4n) is 4.05. The number of aliphatic imine (C=N–C) groups is 1. The molecule has 0 radical (unpaired) electrons. The Morgan fingerprint density at radius 2 is 2.03 bits per heavy atom. The molecule has 2 aromatic rings. The van der Waals surface area contributed by atoms with E-state index in [2.05, 4.69) is 15.0 Å². The number of primary amides is 1. The molecular weight excluding hydrogens is 430 g/mol. The number of sulfonamides is 1. The lowest BCUT2D eigenvalue weighted by molar-refractivity contribution is -0.122. The lowest BCUT2D eigenvalue weighted by atomic mass is 10.1. The van der Waals surface area contributed by atoms with E-state index >= 15 is 0 Å². The largest absolute Gasteiger partial charge is 0.368 e. The summed E-state index contributed by atoms with van der Waals surface area (Å²) in [5.74, 6) is -0.526. The molecule has 2 aliphatic heterocycles. The molecule has 32 heavy (non-hydrogen) atoms. The quantitative estimate of drug-likeness (QED) is 0.602. The first-order valence-electron chi connectivity index (χ1n) is 10.4. The van der Waals surface area contributed by atoms with E-state index in [1.165, 1.54) is 6.07 Å². The Bertz CT molecular complexity index is 1190. The van der Waals surface area contributed by atoms with Gasteiger partial charge in [-0.1, -0.05) is 24.3 Å². The van der Waals surface area contributed by atoms with Gasteiger partial charge in [0.25, 0.3) is 10.0 Å². The van der Waals surface area contributed by atoms with Gasteiger partial charge in [-0.05, 0) is 56.1 Å². The highest BCUT2D eigenvalue weighted by Crippen LogP contribution is 2.23. The molecular formula is C22H25N5O4S. The van der Waals surface area contributed by atoms with E-state index in [9.17, 15) is 18.0 Å². The highest BCUT2D eigenvalue weighted by Gasteiger charge is 2.31. The second-order valence-electron chi connectivity index (χ2n) is 7.98. The maximum Gasteiger partial charge on any atom is 0.263 e. The Morgan fingerprint density at radius 1 is 1.25 bits per heavy atom. The van der Waals surface area contributed by atoms with Gasteiger partial charge in [0.05, 0.1) is 10.9 Å². The third kappa shape index (κ3) is 4.51. The number of hydrogen-bond acceptors (Lipinski definition) is 6. The van der Waals surface area contributed by atoms with E-state index in [1.54, 1.807) is 31.2 Å². The van der Waals surface area contributed by atoms with E-state index in [0.29, 0.717) is 17.8 Å². The number of carbonyl (C=O) groups is 2. The first-order chi connectivity index (χ1) is 15.2. The summed E-state index contributed by atoms with van der Waals surface area (Å²) in [6.45, 7) is 2.97. The van der Waals surface area contributed by atoms with Crippen LogP contribution in [0.3, 0.4) is 0 Å². The average Bonchev–Trinajstić information content (AvgIpc) is 3.31. The molecule has 1 fully saturated rings. The number of nitrogens with two attached hydrogens (primary N) is 1. The van der Waals surface area contributed by atoms with Crippen LogP contribution in [0.5, 0.6) is 0 Å². The summed E-state index contributed by atoms with van der Waals surface area (Å²) in [5, 5.41) is 2.83. The predicted molar refractivity (Wildman–Crippen MR) is 120 cm³/mol. The highest BCUT2D eigenvalue weighted by molar-refractivity contribution is 7.90. The lowest BCUT2D eigenvalue weighted by Crippen LogP contribution is -2.39. The van der Waals surface area contributed by atoms with Crippen LogP contribution in [0.4, 0.5) is 5.69 Å². The maximum atomic E-state index is 12.7. The summed E-state index contributed by atoms with van der Waals surface area (Å²) in [4.78, 5) is 30.8. The van der Waals surface area contributed by atoms with Crippen LogP contribution in [0.15, 0.2) is 58.4 Å². The van der Waals surface area contributed by atoms with Crippen molar-refractivity contribution in [3.05, 3.63) is 59.7 Å². The van der Waals surface area contributed by atoms with E-state index < -0.39 is 16.1 Å². The molecule has 10 heteroatoms. The van der Waals surface area contributed by atoms with Crippen molar-refractivity contribution in [3.63, 3.8) is 0 Å². The molecule has 4 N–H and O–H groups in total. The SMILES string of the molecule is C[C@H](N=C1NS(=O)(=O)c2ccccc21)C(=O)Nc1cccc(CN2CCCC2C(N)=O)c1. The summed E-state index contributed by atoms with van der Waals surface area (Å²) in [7, 11) is -3.66. The molecule has 2 amide bonds. The minimum absolute atomic E-state index is 0.148. The lowest BCUT2D eigenvalue weighted by Gasteiger charge is -2.22. The van der Waals surface area contributed by atoms with Gasteiger partial charge in [-0.3, -0.25) is 24.2 Å². The van der Waals surface area contributed by atoms with Crippen LogP contribution in [0.25, 0.3) is 0 Å². The second-order valence-corrected chi connectivity index (χ2v) is 9.63. The molecule has 0 aliphatic carbocycles. The smallest absolute Gasteiger partial charge is 0.263 e. The molecule has 1 unspecified atom stereocenters. The number of nitrogens with one attached hydrogen (secondary N) is 2. The van der Waals surface area contributed by atoms with E-state index in [0.717, 1.165) is 24.9 Å². The third-order valence-corrected chi connectivity index (χ3v) is 7.03. The van der Waals surface area contributed by atoms with Crippen molar-refractivity contribution in [2.45, 2.75) is 43.3 Å². The van der Waals surface area contributed by atoms with Crippen LogP contribution in [-0.4, -0.2) is 49.6 Å². The van der Waals surface area contributed by atoms with Crippen molar-refractivity contribution in [2.75, 3.05) is 11.9 Å². The number of likely N-dealkylation sites (tertiary alicyclic amines) is 1. The maximum absolute atomic E-state index is 12.7.